The first-order valence-electron chi connectivity index (χ1n) is 4.86. The summed E-state index contributed by atoms with van der Waals surface area (Å²) in [6.45, 7) is 0.202. The molecule has 2 aromatic rings. The Hall–Kier alpha value is -2.08. The molecule has 0 saturated heterocycles. The molecule has 5 nitrogen and oxygen atoms in total. The first-order chi connectivity index (χ1) is 8.16. The molecule has 0 bridgehead atoms. The van der Waals surface area contributed by atoms with Gasteiger partial charge < -0.3 is 16.2 Å². The summed E-state index contributed by atoms with van der Waals surface area (Å²) in [5.41, 5.74) is 14.1. The molecule has 6 heteroatoms. The van der Waals surface area contributed by atoms with Gasteiger partial charge in [-0.05, 0) is 18.2 Å². The number of benzene rings is 1. The number of carbonyl (C=O) groups excluding carboxylic acids is 1. The van der Waals surface area contributed by atoms with Crippen molar-refractivity contribution in [3.63, 3.8) is 0 Å². The zero-order chi connectivity index (χ0) is 12.3. The predicted molar refractivity (Wildman–Crippen MR) is 66.5 cm³/mol. The molecular formula is C11H11N3O2S. The maximum Gasteiger partial charge on any atom is 0.340 e. The van der Waals surface area contributed by atoms with E-state index in [-0.39, 0.29) is 6.61 Å². The molecule has 0 aliphatic rings. The van der Waals surface area contributed by atoms with E-state index in [1.165, 1.54) is 17.4 Å². The second-order valence-electron chi connectivity index (χ2n) is 3.39. The van der Waals surface area contributed by atoms with Crippen molar-refractivity contribution < 1.29 is 9.53 Å². The second-order valence-corrected chi connectivity index (χ2v) is 4.36. The van der Waals surface area contributed by atoms with Gasteiger partial charge in [0.1, 0.15) is 6.61 Å². The lowest BCUT2D eigenvalue weighted by molar-refractivity contribution is 0.0478. The summed E-state index contributed by atoms with van der Waals surface area (Å²) < 4.78 is 5.10. The number of nitrogens with zero attached hydrogens (tertiary/aromatic N) is 1. The van der Waals surface area contributed by atoms with Gasteiger partial charge >= 0.3 is 5.97 Å². The van der Waals surface area contributed by atoms with Crippen molar-refractivity contribution in [3.05, 3.63) is 40.3 Å². The molecule has 1 aromatic carbocycles. The van der Waals surface area contributed by atoms with Gasteiger partial charge in [0.2, 0.25) is 0 Å². The third kappa shape index (κ3) is 2.73. The van der Waals surface area contributed by atoms with Gasteiger partial charge in [0.15, 0.2) is 0 Å². The number of rotatable bonds is 3. The Morgan fingerprint density at radius 1 is 1.41 bits per heavy atom. The van der Waals surface area contributed by atoms with E-state index in [9.17, 15) is 4.79 Å². The number of carbonyl (C=O) groups is 1. The number of hydrogen-bond donors (Lipinski definition) is 2. The molecule has 0 spiro atoms. The standard InChI is InChI=1S/C11H11N3O2S/c12-7-1-2-9(10(13)3-7)11(15)16-5-8-4-14-6-17-8/h1-4,6H,5,12-13H2. The second kappa shape index (κ2) is 4.84. The Morgan fingerprint density at radius 3 is 2.88 bits per heavy atom. The van der Waals surface area contributed by atoms with E-state index in [1.807, 2.05) is 0 Å². The van der Waals surface area contributed by atoms with Crippen LogP contribution in [-0.4, -0.2) is 11.0 Å². The molecule has 0 unspecified atom stereocenters. The highest BCUT2D eigenvalue weighted by Gasteiger charge is 2.11. The van der Waals surface area contributed by atoms with Crippen LogP contribution in [0.5, 0.6) is 0 Å². The minimum atomic E-state index is -0.462. The maximum absolute atomic E-state index is 11.7. The number of esters is 1. The minimum Gasteiger partial charge on any atom is -0.456 e. The molecule has 0 aliphatic heterocycles. The normalized spacial score (nSPS) is 10.1. The molecule has 0 saturated carbocycles. The van der Waals surface area contributed by atoms with Gasteiger partial charge in [-0.3, -0.25) is 4.98 Å². The van der Waals surface area contributed by atoms with E-state index in [0.29, 0.717) is 16.9 Å². The topological polar surface area (TPSA) is 91.2 Å². The smallest absolute Gasteiger partial charge is 0.340 e. The van der Waals surface area contributed by atoms with Crippen LogP contribution in [0, 0.1) is 0 Å². The third-order valence-electron chi connectivity index (χ3n) is 2.12. The van der Waals surface area contributed by atoms with E-state index >= 15 is 0 Å². The van der Waals surface area contributed by atoms with Crippen LogP contribution >= 0.6 is 11.3 Å². The highest BCUT2D eigenvalue weighted by molar-refractivity contribution is 7.09. The van der Waals surface area contributed by atoms with Gasteiger partial charge in [0.05, 0.1) is 16.0 Å². The summed E-state index contributed by atoms with van der Waals surface area (Å²) >= 11 is 1.43. The largest absolute Gasteiger partial charge is 0.456 e. The van der Waals surface area contributed by atoms with Crippen molar-refractivity contribution in [1.82, 2.24) is 4.98 Å². The third-order valence-corrected chi connectivity index (χ3v) is 2.88. The van der Waals surface area contributed by atoms with Crippen LogP contribution < -0.4 is 11.5 Å². The molecule has 88 valence electrons. The Labute approximate surface area is 102 Å². The van der Waals surface area contributed by atoms with Crippen LogP contribution in [0.1, 0.15) is 15.2 Å². The number of nitrogen functional groups attached to an aromatic ring is 2. The number of nitrogens with two attached hydrogens (primary N) is 2. The van der Waals surface area contributed by atoms with Gasteiger partial charge in [-0.1, -0.05) is 0 Å². The van der Waals surface area contributed by atoms with Crippen molar-refractivity contribution in [2.45, 2.75) is 6.61 Å². The zero-order valence-electron chi connectivity index (χ0n) is 8.92. The molecule has 17 heavy (non-hydrogen) atoms. The van der Waals surface area contributed by atoms with Crippen LogP contribution in [0.15, 0.2) is 29.9 Å². The minimum absolute atomic E-state index is 0.202. The maximum atomic E-state index is 11.7. The number of hydrogen-bond acceptors (Lipinski definition) is 6. The van der Waals surface area contributed by atoms with Crippen LogP contribution in [0.2, 0.25) is 0 Å². The fourth-order valence-electron chi connectivity index (χ4n) is 1.29. The van der Waals surface area contributed by atoms with Crippen LogP contribution in [0.4, 0.5) is 11.4 Å². The van der Waals surface area contributed by atoms with Crippen molar-refractivity contribution in [2.24, 2.45) is 0 Å². The summed E-state index contributed by atoms with van der Waals surface area (Å²) in [7, 11) is 0. The van der Waals surface area contributed by atoms with E-state index in [4.69, 9.17) is 16.2 Å². The Balaban J connectivity index is 2.04. The first-order valence-corrected chi connectivity index (χ1v) is 5.74. The average molecular weight is 249 g/mol. The lowest BCUT2D eigenvalue weighted by Crippen LogP contribution is -2.08. The van der Waals surface area contributed by atoms with Crippen LogP contribution in [-0.2, 0) is 11.3 Å². The molecule has 2 rings (SSSR count). The molecule has 0 amide bonds. The Bertz CT molecular complexity index is 526. The average Bonchev–Trinajstić information content (AvgIpc) is 2.78. The Kier molecular flexibility index (Phi) is 3.24. The number of ether oxygens (including phenoxy) is 1. The first kappa shape index (κ1) is 11.4. The van der Waals surface area contributed by atoms with Gasteiger partial charge in [-0.2, -0.15) is 0 Å². The van der Waals surface area contributed by atoms with Crippen molar-refractivity contribution >= 4 is 28.7 Å². The quantitative estimate of drug-likeness (QED) is 0.637. The van der Waals surface area contributed by atoms with E-state index in [1.54, 1.807) is 23.8 Å². The molecule has 1 aromatic heterocycles. The SMILES string of the molecule is Nc1ccc(C(=O)OCc2cncs2)c(N)c1. The monoisotopic (exact) mass is 249 g/mol. The van der Waals surface area contributed by atoms with Gasteiger partial charge in [0, 0.05) is 17.6 Å². The fourth-order valence-corrected chi connectivity index (χ4v) is 1.80. The van der Waals surface area contributed by atoms with Gasteiger partial charge in [0.25, 0.3) is 0 Å². The summed E-state index contributed by atoms with van der Waals surface area (Å²) in [6.07, 6.45) is 1.66. The van der Waals surface area contributed by atoms with E-state index < -0.39 is 5.97 Å². The molecule has 0 aliphatic carbocycles. The highest BCUT2D eigenvalue weighted by atomic mass is 32.1. The Morgan fingerprint density at radius 2 is 2.24 bits per heavy atom. The predicted octanol–water partition coefficient (Wildman–Crippen LogP) is 1.66. The number of aromatic nitrogens is 1. The lowest BCUT2D eigenvalue weighted by atomic mass is 10.1. The molecule has 0 fully saturated rings. The van der Waals surface area contributed by atoms with E-state index in [0.717, 1.165) is 4.88 Å². The van der Waals surface area contributed by atoms with Gasteiger partial charge in [-0.25, -0.2) is 4.79 Å². The van der Waals surface area contributed by atoms with Crippen molar-refractivity contribution in [2.75, 3.05) is 11.5 Å². The lowest BCUT2D eigenvalue weighted by Gasteiger charge is -2.06. The molecule has 1 heterocycles. The van der Waals surface area contributed by atoms with Crippen molar-refractivity contribution in [1.29, 1.82) is 0 Å². The van der Waals surface area contributed by atoms with Crippen molar-refractivity contribution in [3.8, 4) is 0 Å². The number of thiazole rings is 1. The zero-order valence-corrected chi connectivity index (χ0v) is 9.74. The summed E-state index contributed by atoms with van der Waals surface area (Å²) in [5.74, 6) is -0.462. The summed E-state index contributed by atoms with van der Waals surface area (Å²) in [5, 5.41) is 0. The van der Waals surface area contributed by atoms with Crippen LogP contribution in [0.3, 0.4) is 0 Å². The van der Waals surface area contributed by atoms with Gasteiger partial charge in [-0.15, -0.1) is 11.3 Å². The number of anilines is 2. The molecular weight excluding hydrogens is 238 g/mol. The molecule has 0 radical (unpaired) electrons. The summed E-state index contributed by atoms with van der Waals surface area (Å²) in [6, 6.07) is 4.70. The van der Waals surface area contributed by atoms with E-state index in [2.05, 4.69) is 4.98 Å². The fraction of sp³-hybridized carbons (Fsp3) is 0.0909. The molecule has 0 atom stereocenters. The highest BCUT2D eigenvalue weighted by Crippen LogP contribution is 2.17. The molecule has 4 N–H and O–H groups in total. The van der Waals surface area contributed by atoms with Crippen LogP contribution in [0.25, 0.3) is 0 Å². The summed E-state index contributed by atoms with van der Waals surface area (Å²) in [4.78, 5) is 16.5.